The van der Waals surface area contributed by atoms with Crippen LogP contribution in [0.1, 0.15) is 18.2 Å². The first-order valence-corrected chi connectivity index (χ1v) is 7.78. The van der Waals surface area contributed by atoms with Gasteiger partial charge in [0.2, 0.25) is 0 Å². The van der Waals surface area contributed by atoms with E-state index in [2.05, 4.69) is 5.32 Å². The summed E-state index contributed by atoms with van der Waals surface area (Å²) in [6.07, 6.45) is 1.66. The molecule has 0 radical (unpaired) electrons. The largest absolute Gasteiger partial charge is 0.467 e. The van der Waals surface area contributed by atoms with Crippen LogP contribution in [0.15, 0.2) is 45.9 Å². The number of aryl methyl sites for hydroxylation is 1. The van der Waals surface area contributed by atoms with Gasteiger partial charge in [0.15, 0.2) is 9.84 Å². The second-order valence-corrected chi connectivity index (χ2v) is 6.59. The lowest BCUT2D eigenvalue weighted by atomic mass is 10.2. The topological polar surface area (TPSA) is 59.3 Å². The van der Waals surface area contributed by atoms with Crippen molar-refractivity contribution in [3.63, 3.8) is 0 Å². The number of hydrogen-bond acceptors (Lipinski definition) is 4. The summed E-state index contributed by atoms with van der Waals surface area (Å²) in [7, 11) is -3.13. The Balaban J connectivity index is 2.06. The molecule has 1 heterocycles. The van der Waals surface area contributed by atoms with Crippen LogP contribution >= 0.6 is 0 Å². The third-order valence-corrected chi connectivity index (χ3v) is 4.77. The Labute approximate surface area is 113 Å². The van der Waals surface area contributed by atoms with Gasteiger partial charge in [0.1, 0.15) is 5.76 Å². The first-order valence-electron chi connectivity index (χ1n) is 6.12. The molecular formula is C14H17NO3S. The number of anilines is 1. The molecule has 2 aromatic rings. The lowest BCUT2D eigenvalue weighted by Crippen LogP contribution is -2.04. The predicted octanol–water partition coefficient (Wildman–Crippen LogP) is 2.99. The van der Waals surface area contributed by atoms with Crippen LogP contribution in [0.2, 0.25) is 0 Å². The van der Waals surface area contributed by atoms with Crippen molar-refractivity contribution in [2.75, 3.05) is 11.1 Å². The van der Waals surface area contributed by atoms with E-state index in [1.165, 1.54) is 0 Å². The zero-order valence-corrected chi connectivity index (χ0v) is 11.8. The number of hydrogen-bond donors (Lipinski definition) is 1. The van der Waals surface area contributed by atoms with E-state index in [0.717, 1.165) is 17.0 Å². The molecule has 102 valence electrons. The SMILES string of the molecule is CCS(=O)(=O)c1ccc(NCc2occc2C)cc1. The van der Waals surface area contributed by atoms with Gasteiger partial charge >= 0.3 is 0 Å². The fourth-order valence-electron chi connectivity index (χ4n) is 1.71. The van der Waals surface area contributed by atoms with Gasteiger partial charge in [-0.2, -0.15) is 0 Å². The van der Waals surface area contributed by atoms with Gasteiger partial charge < -0.3 is 9.73 Å². The number of nitrogens with one attached hydrogen (secondary N) is 1. The first-order chi connectivity index (χ1) is 9.03. The van der Waals surface area contributed by atoms with Gasteiger partial charge in [-0.25, -0.2) is 8.42 Å². The average Bonchev–Trinajstić information content (AvgIpc) is 2.82. The van der Waals surface area contributed by atoms with Crippen molar-refractivity contribution < 1.29 is 12.8 Å². The normalized spacial score (nSPS) is 11.5. The summed E-state index contributed by atoms with van der Waals surface area (Å²) in [6.45, 7) is 4.21. The quantitative estimate of drug-likeness (QED) is 0.914. The Morgan fingerprint density at radius 1 is 1.16 bits per heavy atom. The van der Waals surface area contributed by atoms with Gasteiger partial charge in [0, 0.05) is 5.69 Å². The van der Waals surface area contributed by atoms with Crippen LogP contribution in [0.25, 0.3) is 0 Å². The van der Waals surface area contributed by atoms with Crippen LogP contribution in [-0.2, 0) is 16.4 Å². The van der Waals surface area contributed by atoms with Gasteiger partial charge in [-0.3, -0.25) is 0 Å². The van der Waals surface area contributed by atoms with Gasteiger partial charge in [0.05, 0.1) is 23.5 Å². The van der Waals surface area contributed by atoms with Crippen LogP contribution in [0, 0.1) is 6.92 Å². The lowest BCUT2D eigenvalue weighted by Gasteiger charge is -2.06. The summed E-state index contributed by atoms with van der Waals surface area (Å²) < 4.78 is 28.7. The number of sulfone groups is 1. The van der Waals surface area contributed by atoms with Crippen molar-refractivity contribution in [2.45, 2.75) is 25.3 Å². The standard InChI is InChI=1S/C14H17NO3S/c1-3-19(16,17)13-6-4-12(5-7-13)15-10-14-11(2)8-9-18-14/h4-9,15H,3,10H2,1-2H3. The fraction of sp³-hybridized carbons (Fsp3) is 0.286. The van der Waals surface area contributed by atoms with E-state index in [9.17, 15) is 8.42 Å². The van der Waals surface area contributed by atoms with Crippen molar-refractivity contribution >= 4 is 15.5 Å². The molecule has 0 spiro atoms. The predicted molar refractivity (Wildman–Crippen MR) is 74.9 cm³/mol. The monoisotopic (exact) mass is 279 g/mol. The molecule has 2 rings (SSSR count). The van der Waals surface area contributed by atoms with Crippen molar-refractivity contribution in [3.8, 4) is 0 Å². The Morgan fingerprint density at radius 3 is 2.37 bits per heavy atom. The van der Waals surface area contributed by atoms with E-state index in [-0.39, 0.29) is 5.75 Å². The molecule has 0 aliphatic carbocycles. The summed E-state index contributed by atoms with van der Waals surface area (Å²) in [5.74, 6) is 0.996. The van der Waals surface area contributed by atoms with Crippen molar-refractivity contribution in [3.05, 3.63) is 47.9 Å². The second kappa shape index (κ2) is 5.48. The molecule has 0 unspecified atom stereocenters. The lowest BCUT2D eigenvalue weighted by molar-refractivity contribution is 0.515. The number of rotatable bonds is 5. The van der Waals surface area contributed by atoms with E-state index in [1.807, 2.05) is 13.0 Å². The smallest absolute Gasteiger partial charge is 0.178 e. The first kappa shape index (κ1) is 13.7. The molecule has 0 fully saturated rings. The highest BCUT2D eigenvalue weighted by molar-refractivity contribution is 7.91. The van der Waals surface area contributed by atoms with Crippen molar-refractivity contribution in [1.29, 1.82) is 0 Å². The molecule has 5 heteroatoms. The highest BCUT2D eigenvalue weighted by Crippen LogP contribution is 2.17. The molecule has 19 heavy (non-hydrogen) atoms. The summed E-state index contributed by atoms with van der Waals surface area (Å²) in [5.41, 5.74) is 1.96. The van der Waals surface area contributed by atoms with E-state index in [0.29, 0.717) is 11.4 Å². The third-order valence-electron chi connectivity index (χ3n) is 3.01. The molecule has 0 bridgehead atoms. The maximum Gasteiger partial charge on any atom is 0.178 e. The third kappa shape index (κ3) is 3.17. The van der Waals surface area contributed by atoms with Gasteiger partial charge in [-0.05, 0) is 42.8 Å². The number of furan rings is 1. The molecule has 4 nitrogen and oxygen atoms in total. The van der Waals surface area contributed by atoms with E-state index >= 15 is 0 Å². The zero-order chi connectivity index (χ0) is 13.9. The van der Waals surface area contributed by atoms with Crippen molar-refractivity contribution in [1.82, 2.24) is 0 Å². The fourth-order valence-corrected chi connectivity index (χ4v) is 2.60. The Kier molecular flexibility index (Phi) is 3.95. The van der Waals surface area contributed by atoms with Gasteiger partial charge in [0.25, 0.3) is 0 Å². The maximum absolute atomic E-state index is 11.7. The highest BCUT2D eigenvalue weighted by atomic mass is 32.2. The van der Waals surface area contributed by atoms with Crippen LogP contribution in [0.4, 0.5) is 5.69 Å². The highest BCUT2D eigenvalue weighted by Gasteiger charge is 2.10. The molecule has 0 saturated carbocycles. The molecule has 1 aromatic carbocycles. The van der Waals surface area contributed by atoms with Gasteiger partial charge in [-0.15, -0.1) is 0 Å². The van der Waals surface area contributed by atoms with Crippen LogP contribution < -0.4 is 5.32 Å². The Morgan fingerprint density at radius 2 is 1.84 bits per heavy atom. The molecule has 0 saturated heterocycles. The molecule has 0 amide bonds. The zero-order valence-electron chi connectivity index (χ0n) is 11.0. The minimum Gasteiger partial charge on any atom is -0.467 e. The molecule has 0 aliphatic heterocycles. The Bertz CT molecular complexity index is 642. The average molecular weight is 279 g/mol. The van der Waals surface area contributed by atoms with Crippen LogP contribution in [0.3, 0.4) is 0 Å². The number of benzene rings is 1. The summed E-state index contributed by atoms with van der Waals surface area (Å²) >= 11 is 0. The van der Waals surface area contributed by atoms with E-state index < -0.39 is 9.84 Å². The van der Waals surface area contributed by atoms with E-state index in [1.54, 1.807) is 37.5 Å². The maximum atomic E-state index is 11.7. The van der Waals surface area contributed by atoms with Crippen LogP contribution in [0.5, 0.6) is 0 Å². The van der Waals surface area contributed by atoms with Crippen molar-refractivity contribution in [2.24, 2.45) is 0 Å². The minimum atomic E-state index is -3.13. The van der Waals surface area contributed by atoms with E-state index in [4.69, 9.17) is 4.42 Å². The molecule has 0 aliphatic rings. The molecular weight excluding hydrogens is 262 g/mol. The Hall–Kier alpha value is -1.75. The molecule has 0 atom stereocenters. The summed E-state index contributed by atoms with van der Waals surface area (Å²) in [5, 5.41) is 3.20. The molecule has 1 N–H and O–H groups in total. The molecule has 1 aromatic heterocycles. The summed E-state index contributed by atoms with van der Waals surface area (Å²) in [6, 6.07) is 8.68. The van der Waals surface area contributed by atoms with Gasteiger partial charge in [-0.1, -0.05) is 6.92 Å². The summed E-state index contributed by atoms with van der Waals surface area (Å²) in [4.78, 5) is 0.356. The van der Waals surface area contributed by atoms with Crippen LogP contribution in [-0.4, -0.2) is 14.2 Å². The minimum absolute atomic E-state index is 0.116. The second-order valence-electron chi connectivity index (χ2n) is 4.31.